The van der Waals surface area contributed by atoms with Gasteiger partial charge in [-0.15, -0.1) is 0 Å². The van der Waals surface area contributed by atoms with Crippen LogP contribution in [0.1, 0.15) is 382 Å². The standard InChI is InChI=1S/C17H30.C15H26.2C15H18.C14H24.2C14H16.C7H12.C5H12/c1-4-5-6-16(2,3)17-10-13-7-14(11-17)9-15(8-13)12-17;1-4-14(2,3)15-8-11-5-12(9-15)7-13(6-11)10-15;1-4-15(2,3)14-11-7-9-12-8-5-6-10-13(12)14;1-4-15(2,3)14-10-9-12-7-5-6-8-13(12)11-14;1-13(2,3)14-7-10-4-11(8-14)6-12(5-10)9-14;1-14(2,3)13-10-6-8-11-7-4-5-9-12(11)13;1-14(2,3)13-9-8-11-6-4-5-7-12(11)10-13;1-2-7-4-3-6(1)5-7;1-5(2,3)4/h13-15H,4-12H2,1-3H3;11-13H,4-10H2,1-3H3;2*5-11H,4H2,1-3H3;10-12H,4-9H2,1-3H3;2*4-10H,1-3H3;6-7H,1-5H2;1-4H3. The monoisotopic (exact) mass is 1570 g/mol. The molecule has 116 heavy (non-hydrogen) atoms. The average molecular weight is 1570 g/mol. The summed E-state index contributed by atoms with van der Waals surface area (Å²) in [4.78, 5) is 0. The summed E-state index contributed by atoms with van der Waals surface area (Å²) in [6, 6.07) is 60.9. The van der Waals surface area contributed by atoms with Crippen LogP contribution in [0.2, 0.25) is 0 Å². The van der Waals surface area contributed by atoms with Gasteiger partial charge in [-0.25, -0.2) is 0 Å². The third-order valence-electron chi connectivity index (χ3n) is 33.3. The number of rotatable bonds is 10. The van der Waals surface area contributed by atoms with Gasteiger partial charge in [0.1, 0.15) is 0 Å². The van der Waals surface area contributed by atoms with Gasteiger partial charge in [-0.2, -0.15) is 0 Å². The Kier molecular flexibility index (Phi) is 29.4. The Morgan fingerprint density at radius 1 is 0.267 bits per heavy atom. The summed E-state index contributed by atoms with van der Waals surface area (Å²) >= 11 is 0. The van der Waals surface area contributed by atoms with E-state index in [0.717, 1.165) is 69.5 Å². The normalized spacial score (nSPS) is 28.3. The number of unbranched alkanes of at least 4 members (excludes halogenated alkanes) is 1. The van der Waals surface area contributed by atoms with Crippen LogP contribution in [-0.4, -0.2) is 0 Å². The van der Waals surface area contributed by atoms with Gasteiger partial charge in [-0.1, -0.05) is 388 Å². The van der Waals surface area contributed by atoms with E-state index in [4.69, 9.17) is 0 Å². The molecule has 8 aromatic rings. The van der Waals surface area contributed by atoms with Crippen LogP contribution in [0.15, 0.2) is 170 Å². The van der Waals surface area contributed by atoms with Crippen molar-refractivity contribution in [2.24, 2.45) is 103 Å². The Hall–Kier alpha value is -5.20. The fourth-order valence-electron chi connectivity index (χ4n) is 25.7. The second kappa shape index (κ2) is 37.2. The molecule has 0 heterocycles. The Balaban J connectivity index is 0.000000130. The molecule has 22 rings (SSSR count). The minimum atomic E-state index is 0.223. The summed E-state index contributed by atoms with van der Waals surface area (Å²) in [7, 11) is 0. The van der Waals surface area contributed by atoms with Gasteiger partial charge in [0.15, 0.2) is 0 Å². The molecular weight excluding hydrogens is 1390 g/mol. The van der Waals surface area contributed by atoms with E-state index in [0.29, 0.717) is 21.7 Å². The van der Waals surface area contributed by atoms with Crippen molar-refractivity contribution in [3.8, 4) is 0 Å². The summed E-state index contributed by atoms with van der Waals surface area (Å²) in [6.07, 6.45) is 44.2. The zero-order valence-corrected chi connectivity index (χ0v) is 79.5. The fourth-order valence-corrected chi connectivity index (χ4v) is 25.7. The molecule has 636 valence electrons. The van der Waals surface area contributed by atoms with Gasteiger partial charge in [0.2, 0.25) is 0 Å². The summed E-state index contributed by atoms with van der Waals surface area (Å²) in [5.74, 6) is 12.4. The molecule has 8 aromatic carbocycles. The Morgan fingerprint density at radius 2 is 0.569 bits per heavy atom. The van der Waals surface area contributed by atoms with Gasteiger partial charge in [-0.05, 0) is 331 Å². The van der Waals surface area contributed by atoms with Gasteiger partial charge in [0.25, 0.3) is 0 Å². The lowest BCUT2D eigenvalue weighted by molar-refractivity contribution is -0.122. The molecule has 0 spiro atoms. The van der Waals surface area contributed by atoms with Gasteiger partial charge >= 0.3 is 0 Å². The largest absolute Gasteiger partial charge is 0.0654 e. The highest BCUT2D eigenvalue weighted by molar-refractivity contribution is 5.88. The average Bonchev–Trinajstić information content (AvgIpc) is 0.817. The zero-order valence-electron chi connectivity index (χ0n) is 79.5. The molecule has 14 fully saturated rings. The number of fused-ring (bicyclic) bond motifs is 6. The van der Waals surface area contributed by atoms with Crippen LogP contribution in [0.4, 0.5) is 0 Å². The van der Waals surface area contributed by atoms with Gasteiger partial charge < -0.3 is 0 Å². The molecule has 0 saturated heterocycles. The summed E-state index contributed by atoms with van der Waals surface area (Å²) < 4.78 is 0. The van der Waals surface area contributed by atoms with Crippen molar-refractivity contribution in [2.45, 2.75) is 381 Å². The topological polar surface area (TPSA) is 0 Å². The third kappa shape index (κ3) is 22.5. The molecule has 0 aliphatic heterocycles. The van der Waals surface area contributed by atoms with Crippen molar-refractivity contribution < 1.29 is 0 Å². The number of hydrogen-bond acceptors (Lipinski definition) is 0. The summed E-state index contributed by atoms with van der Waals surface area (Å²) in [6.45, 7) is 58.5. The van der Waals surface area contributed by atoms with E-state index in [2.05, 4.69) is 343 Å². The predicted molar refractivity (Wildman–Crippen MR) is 514 cm³/mol. The Bertz CT molecular complexity index is 4250. The second-order valence-electron chi connectivity index (χ2n) is 48.3. The first-order chi connectivity index (χ1) is 54.5. The number of hydrogen-bond donors (Lipinski definition) is 0. The molecular formula is C116H172. The van der Waals surface area contributed by atoms with Crippen LogP contribution < -0.4 is 0 Å². The minimum Gasteiger partial charge on any atom is -0.0654 e. The molecule has 0 amide bonds. The molecule has 14 aliphatic carbocycles. The quantitative estimate of drug-likeness (QED) is 0.128. The van der Waals surface area contributed by atoms with E-state index in [1.807, 2.05) is 0 Å². The van der Waals surface area contributed by atoms with Crippen LogP contribution in [0.3, 0.4) is 0 Å². The molecule has 0 nitrogen and oxygen atoms in total. The van der Waals surface area contributed by atoms with E-state index in [1.165, 1.54) is 116 Å². The lowest BCUT2D eigenvalue weighted by atomic mass is 9.42. The highest BCUT2D eigenvalue weighted by Gasteiger charge is 2.59. The molecule has 0 aromatic heterocycles. The summed E-state index contributed by atoms with van der Waals surface area (Å²) in [5.41, 5.74) is 11.2. The van der Waals surface area contributed by atoms with Crippen molar-refractivity contribution in [3.05, 3.63) is 192 Å². The van der Waals surface area contributed by atoms with E-state index >= 15 is 0 Å². The van der Waals surface area contributed by atoms with Crippen molar-refractivity contribution >= 4 is 43.1 Å². The smallest absolute Gasteiger partial charge is 0.0100 e. The number of benzene rings is 8. The maximum atomic E-state index is 2.59. The maximum absolute atomic E-state index is 2.59. The van der Waals surface area contributed by atoms with E-state index in [-0.39, 0.29) is 21.7 Å². The lowest BCUT2D eigenvalue weighted by Crippen LogP contribution is -2.52. The van der Waals surface area contributed by atoms with Crippen LogP contribution in [0.25, 0.3) is 43.1 Å². The van der Waals surface area contributed by atoms with Crippen molar-refractivity contribution in [2.75, 3.05) is 0 Å². The lowest BCUT2D eigenvalue weighted by Gasteiger charge is -2.62. The van der Waals surface area contributed by atoms with Crippen molar-refractivity contribution in [3.63, 3.8) is 0 Å². The minimum absolute atomic E-state index is 0.223. The van der Waals surface area contributed by atoms with Gasteiger partial charge in [0.05, 0.1) is 0 Å². The Morgan fingerprint density at radius 3 is 0.897 bits per heavy atom. The highest BCUT2D eigenvalue weighted by Crippen LogP contribution is 2.69. The SMILES string of the molecule is C1CC2CCC1C2.CC(C)(C)C.CC(C)(C)C12CC3CC(CC(C3)C1)C2.CC(C)(C)c1ccc2ccccc2c1.CC(C)(C)c1cccc2ccccc12.CCC(C)(C)C12CC3CC(CC(C3)C1)C2.CCC(C)(C)c1ccc2ccccc2c1.CCC(C)(C)c1cccc2ccccc12.CCCCC(C)(C)C12CC3CC(CC(C3)C1)C2. The second-order valence-corrected chi connectivity index (χ2v) is 48.3. The zero-order chi connectivity index (χ0) is 84.1. The Labute approximate surface area is 714 Å². The first-order valence-corrected chi connectivity index (χ1v) is 48.4. The van der Waals surface area contributed by atoms with Crippen LogP contribution >= 0.6 is 0 Å². The molecule has 0 radical (unpaired) electrons. The predicted octanol–water partition coefficient (Wildman–Crippen LogP) is 35.9. The van der Waals surface area contributed by atoms with E-state index in [1.54, 1.807) is 148 Å². The molecule has 0 N–H and O–H groups in total. The van der Waals surface area contributed by atoms with E-state index in [9.17, 15) is 0 Å². The van der Waals surface area contributed by atoms with Crippen LogP contribution in [0, 0.1) is 103 Å². The van der Waals surface area contributed by atoms with Crippen molar-refractivity contribution in [1.29, 1.82) is 0 Å². The maximum Gasteiger partial charge on any atom is -0.0100 e. The van der Waals surface area contributed by atoms with Gasteiger partial charge in [-0.3, -0.25) is 0 Å². The first kappa shape index (κ1) is 91.5. The van der Waals surface area contributed by atoms with E-state index < -0.39 is 0 Å². The first-order valence-electron chi connectivity index (χ1n) is 48.4. The summed E-state index contributed by atoms with van der Waals surface area (Å²) in [5, 5.41) is 10.8. The van der Waals surface area contributed by atoms with Crippen LogP contribution in [0.5, 0.6) is 0 Å². The highest BCUT2D eigenvalue weighted by atomic mass is 14.6. The molecule has 0 unspecified atom stereocenters. The molecule has 14 bridgehead atoms. The molecule has 0 atom stereocenters. The van der Waals surface area contributed by atoms with Crippen molar-refractivity contribution in [1.82, 2.24) is 0 Å². The molecule has 14 saturated carbocycles. The van der Waals surface area contributed by atoms with Gasteiger partial charge in [0, 0.05) is 0 Å². The molecule has 0 heteroatoms. The molecule has 14 aliphatic rings. The third-order valence-corrected chi connectivity index (χ3v) is 33.3. The fraction of sp³-hybridized carbons (Fsp3) is 0.655. The van der Waals surface area contributed by atoms with Crippen LogP contribution in [-0.2, 0) is 21.7 Å².